The molecular formula is C15H28N2O. The highest BCUT2D eigenvalue weighted by molar-refractivity contribution is 5.76. The lowest BCUT2D eigenvalue weighted by Crippen LogP contribution is -2.52. The predicted octanol–water partition coefficient (Wildman–Crippen LogP) is 2.51. The van der Waals surface area contributed by atoms with E-state index in [9.17, 15) is 4.79 Å². The van der Waals surface area contributed by atoms with Crippen molar-refractivity contribution in [1.82, 2.24) is 9.80 Å². The Balaban J connectivity index is 1.75. The van der Waals surface area contributed by atoms with Crippen LogP contribution in [0.25, 0.3) is 0 Å². The van der Waals surface area contributed by atoms with Crippen molar-refractivity contribution in [3.63, 3.8) is 0 Å². The van der Waals surface area contributed by atoms with E-state index in [4.69, 9.17) is 0 Å². The number of nitrogens with zero attached hydrogens (tertiary/aromatic N) is 2. The third-order valence-corrected chi connectivity index (χ3v) is 4.34. The van der Waals surface area contributed by atoms with Gasteiger partial charge in [0.2, 0.25) is 5.91 Å². The molecule has 104 valence electrons. The van der Waals surface area contributed by atoms with Gasteiger partial charge in [-0.25, -0.2) is 0 Å². The topological polar surface area (TPSA) is 23.6 Å². The summed E-state index contributed by atoms with van der Waals surface area (Å²) in [4.78, 5) is 16.7. The average Bonchev–Trinajstić information content (AvgIpc) is 2.39. The lowest BCUT2D eigenvalue weighted by Gasteiger charge is -2.41. The molecule has 3 heteroatoms. The molecular weight excluding hydrogens is 224 g/mol. The van der Waals surface area contributed by atoms with Gasteiger partial charge in [-0.1, -0.05) is 33.1 Å². The minimum Gasteiger partial charge on any atom is -0.340 e. The van der Waals surface area contributed by atoms with E-state index in [-0.39, 0.29) is 0 Å². The molecule has 0 aromatic rings. The zero-order valence-electron chi connectivity index (χ0n) is 12.0. The highest BCUT2D eigenvalue weighted by Gasteiger charge is 2.26. The first-order chi connectivity index (χ1) is 8.66. The Morgan fingerprint density at radius 3 is 2.22 bits per heavy atom. The van der Waals surface area contributed by atoms with Crippen molar-refractivity contribution in [2.75, 3.05) is 26.2 Å². The van der Waals surface area contributed by atoms with Crippen molar-refractivity contribution in [3.05, 3.63) is 0 Å². The number of amides is 1. The van der Waals surface area contributed by atoms with Crippen molar-refractivity contribution < 1.29 is 4.79 Å². The lowest BCUT2D eigenvalue weighted by molar-refractivity contribution is -0.134. The Labute approximate surface area is 112 Å². The van der Waals surface area contributed by atoms with E-state index in [1.165, 1.54) is 32.1 Å². The average molecular weight is 252 g/mol. The maximum Gasteiger partial charge on any atom is 0.222 e. The number of hydrogen-bond donors (Lipinski definition) is 0. The molecule has 0 spiro atoms. The predicted molar refractivity (Wildman–Crippen MR) is 74.5 cm³/mol. The van der Waals surface area contributed by atoms with Crippen LogP contribution in [-0.4, -0.2) is 47.9 Å². The fraction of sp³-hybridized carbons (Fsp3) is 0.933. The minimum atomic E-state index is 0.355. The molecule has 2 fully saturated rings. The van der Waals surface area contributed by atoms with Gasteiger partial charge in [0.25, 0.3) is 0 Å². The summed E-state index contributed by atoms with van der Waals surface area (Å²) in [7, 11) is 0. The molecule has 1 saturated heterocycles. The molecule has 0 unspecified atom stereocenters. The highest BCUT2D eigenvalue weighted by Crippen LogP contribution is 2.23. The molecule has 18 heavy (non-hydrogen) atoms. The zero-order valence-corrected chi connectivity index (χ0v) is 12.0. The smallest absolute Gasteiger partial charge is 0.222 e. The van der Waals surface area contributed by atoms with Crippen LogP contribution in [0.15, 0.2) is 0 Å². The van der Waals surface area contributed by atoms with E-state index in [0.717, 1.165) is 32.2 Å². The summed E-state index contributed by atoms with van der Waals surface area (Å²) in [5, 5.41) is 0. The number of carbonyl (C=O) groups excluding carboxylic acids is 1. The van der Waals surface area contributed by atoms with Crippen LogP contribution >= 0.6 is 0 Å². The van der Waals surface area contributed by atoms with Gasteiger partial charge >= 0.3 is 0 Å². The molecule has 0 radical (unpaired) electrons. The maximum absolute atomic E-state index is 12.0. The normalized spacial score (nSPS) is 23.6. The van der Waals surface area contributed by atoms with Crippen molar-refractivity contribution >= 4 is 5.91 Å². The molecule has 1 saturated carbocycles. The van der Waals surface area contributed by atoms with Crippen molar-refractivity contribution in [2.45, 2.75) is 58.4 Å². The molecule has 0 aromatic carbocycles. The van der Waals surface area contributed by atoms with Crippen LogP contribution in [0.4, 0.5) is 0 Å². The first-order valence-corrected chi connectivity index (χ1v) is 7.68. The quantitative estimate of drug-likeness (QED) is 0.770. The summed E-state index contributed by atoms with van der Waals surface area (Å²) in [5.41, 5.74) is 0. The summed E-state index contributed by atoms with van der Waals surface area (Å²) in [6, 6.07) is 0.807. The van der Waals surface area contributed by atoms with Gasteiger partial charge in [0.15, 0.2) is 0 Å². The van der Waals surface area contributed by atoms with Crippen LogP contribution in [0, 0.1) is 5.92 Å². The zero-order chi connectivity index (χ0) is 13.0. The molecule has 0 bridgehead atoms. The van der Waals surface area contributed by atoms with Gasteiger partial charge in [0.05, 0.1) is 0 Å². The largest absolute Gasteiger partial charge is 0.340 e. The Kier molecular flexibility index (Phi) is 5.04. The van der Waals surface area contributed by atoms with Gasteiger partial charge < -0.3 is 4.90 Å². The molecule has 2 rings (SSSR count). The summed E-state index contributed by atoms with van der Waals surface area (Å²) in [5.74, 6) is 0.835. The van der Waals surface area contributed by atoms with Crippen molar-refractivity contribution in [1.29, 1.82) is 0 Å². The Hall–Kier alpha value is -0.570. The second kappa shape index (κ2) is 6.55. The number of carbonyl (C=O) groups is 1. The molecule has 0 atom stereocenters. The Bertz CT molecular complexity index is 264. The molecule has 1 aliphatic carbocycles. The number of hydrogen-bond acceptors (Lipinski definition) is 2. The van der Waals surface area contributed by atoms with E-state index < -0.39 is 0 Å². The van der Waals surface area contributed by atoms with Crippen molar-refractivity contribution in [2.24, 2.45) is 5.92 Å². The van der Waals surface area contributed by atoms with E-state index in [1.807, 2.05) is 0 Å². The van der Waals surface area contributed by atoms with E-state index in [1.54, 1.807) is 0 Å². The van der Waals surface area contributed by atoms with Gasteiger partial charge in [-0.15, -0.1) is 0 Å². The molecule has 0 N–H and O–H groups in total. The SMILES string of the molecule is CC(C)CC(=O)N1CCN(C2CCCCC2)CC1. The maximum atomic E-state index is 12.0. The fourth-order valence-electron chi connectivity index (χ4n) is 3.26. The monoisotopic (exact) mass is 252 g/mol. The van der Waals surface area contributed by atoms with Crippen LogP contribution in [-0.2, 0) is 4.79 Å². The van der Waals surface area contributed by atoms with Crippen LogP contribution in [0.3, 0.4) is 0 Å². The Morgan fingerprint density at radius 2 is 1.67 bits per heavy atom. The first kappa shape index (κ1) is 13.9. The fourth-order valence-corrected chi connectivity index (χ4v) is 3.26. The summed E-state index contributed by atoms with van der Waals surface area (Å²) >= 11 is 0. The van der Waals surface area contributed by atoms with Crippen LogP contribution in [0.1, 0.15) is 52.4 Å². The molecule has 3 nitrogen and oxygen atoms in total. The van der Waals surface area contributed by atoms with Crippen molar-refractivity contribution in [3.8, 4) is 0 Å². The second-order valence-corrected chi connectivity index (χ2v) is 6.31. The number of rotatable bonds is 3. The second-order valence-electron chi connectivity index (χ2n) is 6.31. The van der Waals surface area contributed by atoms with E-state index in [2.05, 4.69) is 23.6 Å². The molecule has 2 aliphatic rings. The molecule has 0 aromatic heterocycles. The van der Waals surface area contributed by atoms with Crippen LogP contribution in [0.5, 0.6) is 0 Å². The number of piperazine rings is 1. The summed E-state index contributed by atoms with van der Waals surface area (Å²) in [6.07, 6.45) is 7.68. The standard InChI is InChI=1S/C15H28N2O/c1-13(2)12-15(18)17-10-8-16(9-11-17)14-6-4-3-5-7-14/h13-14H,3-12H2,1-2H3. The summed E-state index contributed by atoms with van der Waals surface area (Å²) < 4.78 is 0. The summed E-state index contributed by atoms with van der Waals surface area (Å²) in [6.45, 7) is 8.32. The molecule has 1 amide bonds. The lowest BCUT2D eigenvalue weighted by atomic mass is 9.94. The van der Waals surface area contributed by atoms with Crippen LogP contribution < -0.4 is 0 Å². The highest BCUT2D eigenvalue weighted by atomic mass is 16.2. The molecule has 1 heterocycles. The third-order valence-electron chi connectivity index (χ3n) is 4.34. The first-order valence-electron chi connectivity index (χ1n) is 7.68. The van der Waals surface area contributed by atoms with Gasteiger partial charge in [0, 0.05) is 38.6 Å². The molecule has 1 aliphatic heterocycles. The van der Waals surface area contributed by atoms with E-state index in [0.29, 0.717) is 18.2 Å². The van der Waals surface area contributed by atoms with Gasteiger partial charge in [-0.2, -0.15) is 0 Å². The Morgan fingerprint density at radius 1 is 1.06 bits per heavy atom. The third kappa shape index (κ3) is 3.71. The van der Waals surface area contributed by atoms with Crippen LogP contribution in [0.2, 0.25) is 0 Å². The van der Waals surface area contributed by atoms with Gasteiger partial charge in [-0.3, -0.25) is 9.69 Å². The van der Waals surface area contributed by atoms with E-state index >= 15 is 0 Å². The van der Waals surface area contributed by atoms with Gasteiger partial charge in [0.1, 0.15) is 0 Å². The minimum absolute atomic E-state index is 0.355. The van der Waals surface area contributed by atoms with Gasteiger partial charge in [-0.05, 0) is 18.8 Å².